The number of carbonyl (C=O) groups excluding carboxylic acids is 1. The van der Waals surface area contributed by atoms with Crippen molar-refractivity contribution in [2.24, 2.45) is 5.92 Å². The van der Waals surface area contributed by atoms with Crippen molar-refractivity contribution in [3.05, 3.63) is 70.5 Å². The van der Waals surface area contributed by atoms with Gasteiger partial charge in [-0.25, -0.2) is 5.10 Å². The van der Waals surface area contributed by atoms with Crippen molar-refractivity contribution in [1.29, 1.82) is 0 Å². The van der Waals surface area contributed by atoms with Gasteiger partial charge in [-0.1, -0.05) is 38.1 Å². The Bertz CT molecular complexity index is 1230. The van der Waals surface area contributed by atoms with E-state index in [1.54, 1.807) is 18.2 Å². The number of pyridine rings is 1. The van der Waals surface area contributed by atoms with Gasteiger partial charge in [0.1, 0.15) is 0 Å². The predicted molar refractivity (Wildman–Crippen MR) is 109 cm³/mol. The van der Waals surface area contributed by atoms with Gasteiger partial charge in [0.05, 0.1) is 23.5 Å². The lowest BCUT2D eigenvalue weighted by Gasteiger charge is -2.19. The molecule has 4 aromatic rings. The first-order chi connectivity index (χ1) is 14.0. The SMILES string of the molecule is CC(C)CC(NC(=O)Cc1n[nH]c(=O)c2ccccc12)c1nnc2ccccn12. The van der Waals surface area contributed by atoms with E-state index < -0.39 is 0 Å². The summed E-state index contributed by atoms with van der Waals surface area (Å²) in [4.78, 5) is 24.8. The third kappa shape index (κ3) is 3.87. The van der Waals surface area contributed by atoms with Gasteiger partial charge in [-0.15, -0.1) is 10.2 Å². The van der Waals surface area contributed by atoms with Gasteiger partial charge in [0.25, 0.3) is 5.56 Å². The van der Waals surface area contributed by atoms with Crippen LogP contribution in [0.3, 0.4) is 0 Å². The van der Waals surface area contributed by atoms with Crippen LogP contribution in [0.25, 0.3) is 16.4 Å². The summed E-state index contributed by atoms with van der Waals surface area (Å²) >= 11 is 0. The molecule has 0 aliphatic heterocycles. The highest BCUT2D eigenvalue weighted by Crippen LogP contribution is 2.21. The maximum absolute atomic E-state index is 12.9. The van der Waals surface area contributed by atoms with Crippen LogP contribution in [0.4, 0.5) is 0 Å². The summed E-state index contributed by atoms with van der Waals surface area (Å²) in [6, 6.07) is 12.5. The minimum Gasteiger partial charge on any atom is -0.346 e. The van der Waals surface area contributed by atoms with E-state index in [0.29, 0.717) is 28.2 Å². The molecule has 1 amide bonds. The quantitative estimate of drug-likeness (QED) is 0.526. The smallest absolute Gasteiger partial charge is 0.272 e. The molecule has 4 rings (SSSR count). The van der Waals surface area contributed by atoms with E-state index in [-0.39, 0.29) is 23.9 Å². The number of H-pyrrole nitrogens is 1. The maximum Gasteiger partial charge on any atom is 0.272 e. The Balaban J connectivity index is 1.61. The monoisotopic (exact) mass is 390 g/mol. The molecule has 29 heavy (non-hydrogen) atoms. The number of hydrogen-bond donors (Lipinski definition) is 2. The lowest BCUT2D eigenvalue weighted by atomic mass is 10.0. The molecule has 0 saturated heterocycles. The Kier molecular flexibility index (Phi) is 5.07. The molecule has 1 atom stereocenters. The van der Waals surface area contributed by atoms with Gasteiger partial charge in [0.2, 0.25) is 5.91 Å². The van der Waals surface area contributed by atoms with Crippen LogP contribution < -0.4 is 10.9 Å². The van der Waals surface area contributed by atoms with E-state index in [1.165, 1.54) is 0 Å². The van der Waals surface area contributed by atoms with Crippen LogP contribution in [0.1, 0.15) is 37.8 Å². The van der Waals surface area contributed by atoms with Crippen LogP contribution in [0.15, 0.2) is 53.5 Å². The van der Waals surface area contributed by atoms with Crippen molar-refractivity contribution in [3.63, 3.8) is 0 Å². The first kappa shape index (κ1) is 18.8. The molecule has 0 spiro atoms. The second-order valence-corrected chi connectivity index (χ2v) is 7.46. The molecule has 3 aromatic heterocycles. The summed E-state index contributed by atoms with van der Waals surface area (Å²) in [5, 5.41) is 19.4. The van der Waals surface area contributed by atoms with E-state index in [0.717, 1.165) is 12.1 Å². The fourth-order valence-corrected chi connectivity index (χ4v) is 3.50. The summed E-state index contributed by atoms with van der Waals surface area (Å²) in [7, 11) is 0. The molecule has 0 radical (unpaired) electrons. The van der Waals surface area contributed by atoms with Crippen molar-refractivity contribution in [2.45, 2.75) is 32.7 Å². The second-order valence-electron chi connectivity index (χ2n) is 7.46. The van der Waals surface area contributed by atoms with E-state index in [2.05, 4.69) is 39.6 Å². The van der Waals surface area contributed by atoms with Gasteiger partial charge < -0.3 is 5.32 Å². The van der Waals surface area contributed by atoms with E-state index in [9.17, 15) is 9.59 Å². The van der Waals surface area contributed by atoms with E-state index in [1.807, 2.05) is 34.9 Å². The Hall–Kier alpha value is -3.55. The van der Waals surface area contributed by atoms with Gasteiger partial charge >= 0.3 is 0 Å². The third-order valence-corrected chi connectivity index (χ3v) is 4.80. The summed E-state index contributed by atoms with van der Waals surface area (Å²) < 4.78 is 1.89. The number of rotatable bonds is 6. The second kappa shape index (κ2) is 7.83. The molecule has 2 N–H and O–H groups in total. The molecule has 1 aromatic carbocycles. The molecule has 8 nitrogen and oxygen atoms in total. The Morgan fingerprint density at radius 2 is 1.86 bits per heavy atom. The van der Waals surface area contributed by atoms with Crippen LogP contribution in [-0.4, -0.2) is 30.7 Å². The molecular formula is C21H22N6O2. The molecule has 0 bridgehead atoms. The average molecular weight is 390 g/mol. The average Bonchev–Trinajstić information content (AvgIpc) is 3.14. The molecule has 148 valence electrons. The molecule has 1 unspecified atom stereocenters. The van der Waals surface area contributed by atoms with Crippen LogP contribution in [0.2, 0.25) is 0 Å². The lowest BCUT2D eigenvalue weighted by Crippen LogP contribution is -2.32. The molecule has 0 saturated carbocycles. The van der Waals surface area contributed by atoms with E-state index in [4.69, 9.17) is 0 Å². The number of carbonyl (C=O) groups is 1. The highest BCUT2D eigenvalue weighted by Gasteiger charge is 2.22. The standard InChI is InChI=1S/C21H22N6O2/c1-13(2)11-17(20-25-24-18-9-5-6-10-27(18)20)22-19(28)12-16-14-7-3-4-8-15(14)21(29)26-23-16/h3-10,13,17H,11-12H2,1-2H3,(H,22,28)(H,26,29). The number of amides is 1. The lowest BCUT2D eigenvalue weighted by molar-refractivity contribution is -0.121. The van der Waals surface area contributed by atoms with Crippen molar-refractivity contribution in [1.82, 2.24) is 30.1 Å². The highest BCUT2D eigenvalue weighted by atomic mass is 16.1. The van der Waals surface area contributed by atoms with Crippen molar-refractivity contribution in [3.8, 4) is 0 Å². The fourth-order valence-electron chi connectivity index (χ4n) is 3.50. The summed E-state index contributed by atoms with van der Waals surface area (Å²) in [5.74, 6) is 0.860. The normalized spacial score (nSPS) is 12.5. The Labute approximate surface area is 167 Å². The van der Waals surface area contributed by atoms with Crippen molar-refractivity contribution >= 4 is 22.3 Å². The number of aromatic nitrogens is 5. The third-order valence-electron chi connectivity index (χ3n) is 4.80. The van der Waals surface area contributed by atoms with Gasteiger partial charge in [-0.2, -0.15) is 5.10 Å². The Morgan fingerprint density at radius 1 is 1.10 bits per heavy atom. The molecule has 0 aliphatic rings. The van der Waals surface area contributed by atoms with Gasteiger partial charge in [0.15, 0.2) is 11.5 Å². The van der Waals surface area contributed by atoms with E-state index >= 15 is 0 Å². The van der Waals surface area contributed by atoms with Crippen LogP contribution >= 0.6 is 0 Å². The topological polar surface area (TPSA) is 105 Å². The minimum atomic E-state index is -0.283. The first-order valence-corrected chi connectivity index (χ1v) is 9.58. The number of aromatic amines is 1. The van der Waals surface area contributed by atoms with Crippen molar-refractivity contribution in [2.75, 3.05) is 0 Å². The summed E-state index contributed by atoms with van der Waals surface area (Å²) in [5.41, 5.74) is 1.00. The largest absolute Gasteiger partial charge is 0.346 e. The fraction of sp³-hybridized carbons (Fsp3) is 0.286. The van der Waals surface area contributed by atoms with Crippen LogP contribution in [0.5, 0.6) is 0 Å². The molecule has 0 fully saturated rings. The number of benzene rings is 1. The molecule has 0 aliphatic carbocycles. The Morgan fingerprint density at radius 3 is 2.66 bits per heavy atom. The summed E-state index contributed by atoms with van der Waals surface area (Å²) in [6.07, 6.45) is 2.67. The summed E-state index contributed by atoms with van der Waals surface area (Å²) in [6.45, 7) is 4.19. The minimum absolute atomic E-state index is 0.0582. The number of nitrogens with zero attached hydrogens (tertiary/aromatic N) is 4. The van der Waals surface area contributed by atoms with Crippen LogP contribution in [0, 0.1) is 5.92 Å². The zero-order chi connectivity index (χ0) is 20.4. The van der Waals surface area contributed by atoms with Crippen molar-refractivity contribution < 1.29 is 4.79 Å². The van der Waals surface area contributed by atoms with Crippen LogP contribution in [-0.2, 0) is 11.2 Å². The zero-order valence-electron chi connectivity index (χ0n) is 16.3. The number of fused-ring (bicyclic) bond motifs is 2. The maximum atomic E-state index is 12.9. The predicted octanol–water partition coefficient (Wildman–Crippen LogP) is 2.41. The number of hydrogen-bond acceptors (Lipinski definition) is 5. The zero-order valence-corrected chi connectivity index (χ0v) is 16.3. The van der Waals surface area contributed by atoms with Gasteiger partial charge in [-0.3, -0.25) is 14.0 Å². The molecule has 3 heterocycles. The highest BCUT2D eigenvalue weighted by molar-refractivity contribution is 5.88. The first-order valence-electron chi connectivity index (χ1n) is 9.58. The van der Waals surface area contributed by atoms with Gasteiger partial charge in [-0.05, 0) is 30.5 Å². The number of nitrogens with one attached hydrogen (secondary N) is 2. The van der Waals surface area contributed by atoms with Gasteiger partial charge in [0, 0.05) is 11.6 Å². The molecular weight excluding hydrogens is 368 g/mol. The molecule has 8 heteroatoms.